The minimum absolute atomic E-state index is 0.0565. The van der Waals surface area contributed by atoms with E-state index >= 15 is 0 Å². The van der Waals surface area contributed by atoms with E-state index in [2.05, 4.69) is 42.9 Å². The van der Waals surface area contributed by atoms with Crippen LogP contribution in [-0.2, 0) is 11.3 Å². The zero-order chi connectivity index (χ0) is 20.2. The number of piperidine rings is 1. The molecule has 150 valence electrons. The van der Waals surface area contributed by atoms with Crippen LogP contribution >= 0.6 is 34.2 Å². The minimum atomic E-state index is -0.0571. The predicted molar refractivity (Wildman–Crippen MR) is 121 cm³/mol. The Labute approximate surface area is 187 Å². The van der Waals surface area contributed by atoms with Gasteiger partial charge in [0.1, 0.15) is 0 Å². The van der Waals surface area contributed by atoms with Gasteiger partial charge in [0.25, 0.3) is 0 Å². The minimum Gasteiger partial charge on any atom is -0.338 e. The van der Waals surface area contributed by atoms with Crippen molar-refractivity contribution in [3.05, 3.63) is 63.0 Å². The first-order valence-electron chi connectivity index (χ1n) is 9.44. The molecule has 2 aromatic carbocycles. The van der Waals surface area contributed by atoms with Crippen molar-refractivity contribution in [2.24, 2.45) is 5.92 Å². The van der Waals surface area contributed by atoms with Crippen molar-refractivity contribution in [1.29, 1.82) is 0 Å². The van der Waals surface area contributed by atoms with E-state index in [9.17, 15) is 4.79 Å². The molecular weight excluding hydrogens is 503 g/mol. The highest BCUT2D eigenvalue weighted by Gasteiger charge is 2.27. The molecule has 1 unspecified atom stereocenters. The maximum Gasteiger partial charge on any atom is 0.241 e. The fourth-order valence-electron chi connectivity index (χ4n) is 3.45. The maximum atomic E-state index is 12.7. The smallest absolute Gasteiger partial charge is 0.241 e. The van der Waals surface area contributed by atoms with Crippen LogP contribution in [0.15, 0.2) is 53.1 Å². The average molecular weight is 523 g/mol. The first kappa shape index (κ1) is 20.3. The summed E-state index contributed by atoms with van der Waals surface area (Å²) in [7, 11) is 0. The van der Waals surface area contributed by atoms with Crippen molar-refractivity contribution in [3.8, 4) is 11.4 Å². The number of benzene rings is 2. The lowest BCUT2D eigenvalue weighted by atomic mass is 9.97. The molecule has 0 aliphatic carbocycles. The van der Waals surface area contributed by atoms with Crippen molar-refractivity contribution in [2.75, 3.05) is 18.4 Å². The molecule has 1 fully saturated rings. The molecule has 1 amide bonds. The number of hydrogen-bond acceptors (Lipinski definition) is 5. The number of nitrogens with one attached hydrogen (secondary N) is 1. The van der Waals surface area contributed by atoms with Gasteiger partial charge in [-0.1, -0.05) is 28.9 Å². The number of amides is 1. The molecule has 1 saturated heterocycles. The largest absolute Gasteiger partial charge is 0.338 e. The Hall–Kier alpha value is -1.97. The van der Waals surface area contributed by atoms with Crippen LogP contribution in [0, 0.1) is 9.49 Å². The first-order chi connectivity index (χ1) is 14.1. The molecule has 1 N–H and O–H groups in total. The second-order valence-electron chi connectivity index (χ2n) is 7.09. The molecule has 3 aromatic rings. The van der Waals surface area contributed by atoms with Gasteiger partial charge in [-0.3, -0.25) is 9.69 Å². The van der Waals surface area contributed by atoms with Crippen molar-refractivity contribution >= 4 is 45.8 Å². The van der Waals surface area contributed by atoms with E-state index in [4.69, 9.17) is 16.1 Å². The number of likely N-dealkylation sites (tertiary alicyclic amines) is 1. The quantitative estimate of drug-likeness (QED) is 0.485. The van der Waals surface area contributed by atoms with Gasteiger partial charge < -0.3 is 9.84 Å². The highest BCUT2D eigenvalue weighted by atomic mass is 127. The number of hydrogen-bond donors (Lipinski definition) is 1. The predicted octanol–water partition coefficient (Wildman–Crippen LogP) is 4.85. The molecule has 2 heterocycles. The van der Waals surface area contributed by atoms with Gasteiger partial charge in [0.2, 0.25) is 17.6 Å². The lowest BCUT2D eigenvalue weighted by Crippen LogP contribution is -2.40. The van der Waals surface area contributed by atoms with E-state index in [0.29, 0.717) is 29.8 Å². The number of halogens is 2. The molecule has 1 atom stereocenters. The summed E-state index contributed by atoms with van der Waals surface area (Å²) >= 11 is 8.28. The fourth-order valence-corrected chi connectivity index (χ4v) is 4.00. The van der Waals surface area contributed by atoms with Crippen molar-refractivity contribution < 1.29 is 9.32 Å². The van der Waals surface area contributed by atoms with E-state index in [1.165, 1.54) is 0 Å². The van der Waals surface area contributed by atoms with Crippen molar-refractivity contribution in [3.63, 3.8) is 0 Å². The highest BCUT2D eigenvalue weighted by Crippen LogP contribution is 2.23. The average Bonchev–Trinajstić information content (AvgIpc) is 3.18. The molecule has 1 aromatic heterocycles. The van der Waals surface area contributed by atoms with Gasteiger partial charge in [0, 0.05) is 26.4 Å². The zero-order valence-electron chi connectivity index (χ0n) is 15.6. The summed E-state index contributed by atoms with van der Waals surface area (Å²) in [4.78, 5) is 19.3. The van der Waals surface area contributed by atoms with E-state index in [0.717, 1.165) is 34.2 Å². The van der Waals surface area contributed by atoms with Crippen LogP contribution in [0.3, 0.4) is 0 Å². The molecule has 8 heteroatoms. The number of carbonyl (C=O) groups is 1. The summed E-state index contributed by atoms with van der Waals surface area (Å²) < 4.78 is 6.56. The Bertz CT molecular complexity index is 992. The van der Waals surface area contributed by atoms with Crippen LogP contribution in [-0.4, -0.2) is 34.0 Å². The lowest BCUT2D eigenvalue weighted by Gasteiger charge is -2.30. The van der Waals surface area contributed by atoms with Crippen molar-refractivity contribution in [2.45, 2.75) is 19.4 Å². The molecule has 0 radical (unpaired) electrons. The molecule has 0 saturated carbocycles. The van der Waals surface area contributed by atoms with Gasteiger partial charge in [-0.05, 0) is 78.4 Å². The molecule has 1 aliphatic heterocycles. The summed E-state index contributed by atoms with van der Waals surface area (Å²) in [5.74, 6) is 1.06. The second kappa shape index (κ2) is 9.23. The number of aromatic nitrogens is 2. The molecule has 0 bridgehead atoms. The number of rotatable bonds is 5. The maximum absolute atomic E-state index is 12.7. The van der Waals surface area contributed by atoms with Gasteiger partial charge in [-0.15, -0.1) is 0 Å². The van der Waals surface area contributed by atoms with Crippen LogP contribution in [0.2, 0.25) is 5.02 Å². The summed E-state index contributed by atoms with van der Waals surface area (Å²) in [6.07, 6.45) is 1.84. The summed E-state index contributed by atoms with van der Waals surface area (Å²) in [6.45, 7) is 2.11. The summed E-state index contributed by atoms with van der Waals surface area (Å²) in [5.41, 5.74) is 1.65. The molecule has 1 aliphatic rings. The Morgan fingerprint density at radius 3 is 2.90 bits per heavy atom. The Morgan fingerprint density at radius 1 is 1.28 bits per heavy atom. The normalized spacial score (nSPS) is 17.2. The monoisotopic (exact) mass is 522 g/mol. The van der Waals surface area contributed by atoms with Gasteiger partial charge in [0.05, 0.1) is 12.5 Å². The van der Waals surface area contributed by atoms with Gasteiger partial charge in [-0.25, -0.2) is 0 Å². The summed E-state index contributed by atoms with van der Waals surface area (Å²) in [6, 6.07) is 15.2. The third kappa shape index (κ3) is 5.34. The van der Waals surface area contributed by atoms with Gasteiger partial charge >= 0.3 is 0 Å². The molecule has 4 rings (SSSR count). The number of anilines is 1. The number of nitrogens with zero attached hydrogens (tertiary/aromatic N) is 3. The lowest BCUT2D eigenvalue weighted by molar-refractivity contribution is -0.121. The second-order valence-corrected chi connectivity index (χ2v) is 8.77. The van der Waals surface area contributed by atoms with Gasteiger partial charge in [-0.2, -0.15) is 4.98 Å². The van der Waals surface area contributed by atoms with Crippen LogP contribution in [0.25, 0.3) is 11.4 Å². The molecular formula is C21H20ClIN4O2. The Morgan fingerprint density at radius 2 is 2.10 bits per heavy atom. The van der Waals surface area contributed by atoms with E-state index < -0.39 is 0 Å². The topological polar surface area (TPSA) is 71.3 Å². The molecule has 6 nitrogen and oxygen atoms in total. The van der Waals surface area contributed by atoms with E-state index in [1.807, 2.05) is 42.5 Å². The SMILES string of the molecule is O=C(Nc1ccc(I)cc1)C1CCCN(Cc2nc(-c3cccc(Cl)c3)no2)C1. The Balaban J connectivity index is 1.36. The van der Waals surface area contributed by atoms with Crippen LogP contribution in [0.4, 0.5) is 5.69 Å². The third-order valence-corrected chi connectivity index (χ3v) is 5.85. The Kier molecular flexibility index (Phi) is 6.46. The molecule has 29 heavy (non-hydrogen) atoms. The summed E-state index contributed by atoms with van der Waals surface area (Å²) in [5, 5.41) is 7.71. The van der Waals surface area contributed by atoms with Gasteiger partial charge in [0.15, 0.2) is 0 Å². The van der Waals surface area contributed by atoms with E-state index in [-0.39, 0.29) is 11.8 Å². The first-order valence-corrected chi connectivity index (χ1v) is 10.9. The van der Waals surface area contributed by atoms with Crippen LogP contribution in [0.1, 0.15) is 18.7 Å². The van der Waals surface area contributed by atoms with Crippen molar-refractivity contribution in [1.82, 2.24) is 15.0 Å². The third-order valence-electron chi connectivity index (χ3n) is 4.90. The zero-order valence-corrected chi connectivity index (χ0v) is 18.6. The number of carbonyl (C=O) groups excluding carboxylic acids is 1. The molecule has 0 spiro atoms. The van der Waals surface area contributed by atoms with E-state index in [1.54, 1.807) is 6.07 Å². The fraction of sp³-hybridized carbons (Fsp3) is 0.286. The highest BCUT2D eigenvalue weighted by molar-refractivity contribution is 14.1. The standard InChI is InChI=1S/C21H20ClIN4O2/c22-16-5-1-3-14(11-16)20-25-19(29-26-20)13-27-10-2-4-15(12-27)21(28)24-18-8-6-17(23)7-9-18/h1,3,5-9,11,15H,2,4,10,12-13H2,(H,24,28). The van der Waals surface area contributed by atoms with Crippen LogP contribution < -0.4 is 5.32 Å². The van der Waals surface area contributed by atoms with Crippen LogP contribution in [0.5, 0.6) is 0 Å².